The number of nitrogens with two attached hydrogens (primary N) is 1. The van der Waals surface area contributed by atoms with Gasteiger partial charge in [-0.15, -0.1) is 0 Å². The second kappa shape index (κ2) is 9.53. The number of rotatable bonds is 6. The molecule has 4 rings (SSSR count). The highest BCUT2D eigenvalue weighted by atomic mass is 16.2. The predicted octanol–water partition coefficient (Wildman–Crippen LogP) is 4.14. The molecule has 0 bridgehead atoms. The van der Waals surface area contributed by atoms with Crippen molar-refractivity contribution in [1.29, 1.82) is 0 Å². The number of fused-ring (bicyclic) bond motifs is 1. The second-order valence-electron chi connectivity index (χ2n) is 8.91. The van der Waals surface area contributed by atoms with Gasteiger partial charge >= 0.3 is 0 Å². The summed E-state index contributed by atoms with van der Waals surface area (Å²) in [6, 6.07) is 16.1. The molecule has 2 heterocycles. The normalized spacial score (nSPS) is 16.1. The molecular weight excluding hydrogens is 396 g/mol. The summed E-state index contributed by atoms with van der Waals surface area (Å²) in [7, 11) is 0. The third kappa shape index (κ3) is 5.00. The van der Waals surface area contributed by atoms with Gasteiger partial charge < -0.3 is 16.4 Å². The summed E-state index contributed by atoms with van der Waals surface area (Å²) in [4.78, 5) is 17.6. The van der Waals surface area contributed by atoms with Crippen molar-refractivity contribution >= 4 is 11.7 Å². The smallest absolute Gasteiger partial charge is 0.237 e. The van der Waals surface area contributed by atoms with Crippen LogP contribution in [0.2, 0.25) is 0 Å². The first-order chi connectivity index (χ1) is 15.4. The van der Waals surface area contributed by atoms with Gasteiger partial charge in [0.1, 0.15) is 5.82 Å². The first-order valence-corrected chi connectivity index (χ1v) is 11.3. The molecule has 4 N–H and O–H groups in total. The molecule has 1 aliphatic heterocycles. The molecule has 3 aromatic rings. The van der Waals surface area contributed by atoms with E-state index in [0.717, 1.165) is 41.9 Å². The fraction of sp³-hybridized carbons (Fsp3) is 0.333. The summed E-state index contributed by atoms with van der Waals surface area (Å²) in [5.41, 5.74) is 14.5. The fourth-order valence-electron chi connectivity index (χ4n) is 4.63. The van der Waals surface area contributed by atoms with Crippen molar-refractivity contribution in [3.05, 3.63) is 93.7 Å². The lowest BCUT2D eigenvalue weighted by Crippen LogP contribution is -2.45. The predicted molar refractivity (Wildman–Crippen MR) is 130 cm³/mol. The molecule has 32 heavy (non-hydrogen) atoms. The fourth-order valence-corrected chi connectivity index (χ4v) is 4.63. The standard InChI is InChI=1S/C27H32N4O/c1-17-11-18(2)22(19(3)12-17)15-24(28)27(32)31-25-9-10-29-26-23(25)14-21(16-30-26)13-20-7-5-4-6-8-20/h4-8,11-12,14,16,24-25H,9-10,13,15,28H2,1-3H3,(H,29,30)(H,31,32)/t24-,25+/m0/s1. The van der Waals surface area contributed by atoms with Gasteiger partial charge in [0.15, 0.2) is 0 Å². The molecule has 0 radical (unpaired) electrons. The Morgan fingerprint density at radius 3 is 2.56 bits per heavy atom. The number of aryl methyl sites for hydroxylation is 3. The molecule has 1 amide bonds. The number of carbonyl (C=O) groups is 1. The number of hydrogen-bond acceptors (Lipinski definition) is 4. The molecule has 0 saturated heterocycles. The highest BCUT2D eigenvalue weighted by Crippen LogP contribution is 2.29. The maximum atomic E-state index is 13.0. The zero-order valence-corrected chi connectivity index (χ0v) is 19.1. The average Bonchev–Trinajstić information content (AvgIpc) is 2.77. The van der Waals surface area contributed by atoms with Crippen molar-refractivity contribution in [3.8, 4) is 0 Å². The first kappa shape index (κ1) is 22.0. The third-order valence-electron chi connectivity index (χ3n) is 6.24. The lowest BCUT2D eigenvalue weighted by molar-refractivity contribution is -0.123. The molecular formula is C27H32N4O. The van der Waals surface area contributed by atoms with E-state index in [9.17, 15) is 4.79 Å². The monoisotopic (exact) mass is 428 g/mol. The van der Waals surface area contributed by atoms with Crippen LogP contribution in [0.5, 0.6) is 0 Å². The number of pyridine rings is 1. The Labute approximate surface area is 190 Å². The number of carbonyl (C=O) groups excluding carboxylic acids is 1. The van der Waals surface area contributed by atoms with Gasteiger partial charge in [0, 0.05) is 18.3 Å². The minimum atomic E-state index is -0.589. The van der Waals surface area contributed by atoms with E-state index in [2.05, 4.69) is 66.7 Å². The van der Waals surface area contributed by atoms with Gasteiger partial charge in [-0.25, -0.2) is 4.98 Å². The summed E-state index contributed by atoms with van der Waals surface area (Å²) < 4.78 is 0. The Hall–Kier alpha value is -3.18. The van der Waals surface area contributed by atoms with E-state index < -0.39 is 6.04 Å². The highest BCUT2D eigenvalue weighted by Gasteiger charge is 2.26. The lowest BCUT2D eigenvalue weighted by atomic mass is 9.93. The zero-order valence-electron chi connectivity index (χ0n) is 19.1. The van der Waals surface area contributed by atoms with Gasteiger partial charge in [0.2, 0.25) is 5.91 Å². The molecule has 0 aliphatic carbocycles. The van der Waals surface area contributed by atoms with Gasteiger partial charge in [0.05, 0.1) is 12.1 Å². The molecule has 2 atom stereocenters. The molecule has 0 fully saturated rings. The van der Waals surface area contributed by atoms with Gasteiger partial charge in [-0.1, -0.05) is 48.0 Å². The van der Waals surface area contributed by atoms with E-state index in [0.29, 0.717) is 6.42 Å². The summed E-state index contributed by atoms with van der Waals surface area (Å²) in [6.45, 7) is 7.03. The molecule has 2 aromatic carbocycles. The van der Waals surface area contributed by atoms with Crippen molar-refractivity contribution in [2.45, 2.75) is 52.1 Å². The van der Waals surface area contributed by atoms with Crippen molar-refractivity contribution in [3.63, 3.8) is 0 Å². The number of anilines is 1. The third-order valence-corrected chi connectivity index (χ3v) is 6.24. The van der Waals surface area contributed by atoms with Crippen LogP contribution in [0.4, 0.5) is 5.82 Å². The summed E-state index contributed by atoms with van der Waals surface area (Å²) >= 11 is 0. The Balaban J connectivity index is 1.48. The molecule has 1 aliphatic rings. The van der Waals surface area contributed by atoms with Crippen LogP contribution >= 0.6 is 0 Å². The first-order valence-electron chi connectivity index (χ1n) is 11.3. The Bertz CT molecular complexity index is 1090. The van der Waals surface area contributed by atoms with Crippen LogP contribution in [-0.2, 0) is 17.6 Å². The van der Waals surface area contributed by atoms with Gasteiger partial charge in [0.25, 0.3) is 0 Å². The van der Waals surface area contributed by atoms with Gasteiger partial charge in [-0.2, -0.15) is 0 Å². The van der Waals surface area contributed by atoms with E-state index >= 15 is 0 Å². The van der Waals surface area contributed by atoms with Gasteiger partial charge in [-0.05, 0) is 73.9 Å². The Morgan fingerprint density at radius 1 is 1.12 bits per heavy atom. The maximum absolute atomic E-state index is 13.0. The molecule has 1 aromatic heterocycles. The highest BCUT2D eigenvalue weighted by molar-refractivity contribution is 5.82. The van der Waals surface area contributed by atoms with E-state index in [1.165, 1.54) is 22.3 Å². The maximum Gasteiger partial charge on any atom is 0.237 e. The SMILES string of the molecule is Cc1cc(C)c(C[C@H](N)C(=O)N[C@@H]2CCNc3ncc(Cc4ccccc4)cc32)c(C)c1. The van der Waals surface area contributed by atoms with Crippen LogP contribution in [0.15, 0.2) is 54.7 Å². The topological polar surface area (TPSA) is 80.0 Å². The van der Waals surface area contributed by atoms with Gasteiger partial charge in [-0.3, -0.25) is 4.79 Å². The quantitative estimate of drug-likeness (QED) is 0.551. The van der Waals surface area contributed by atoms with Crippen LogP contribution in [0, 0.1) is 20.8 Å². The van der Waals surface area contributed by atoms with Crippen LogP contribution in [0.1, 0.15) is 51.4 Å². The van der Waals surface area contributed by atoms with E-state index in [1.54, 1.807) is 0 Å². The number of benzene rings is 2. The Kier molecular flexibility index (Phi) is 6.56. The van der Waals surface area contributed by atoms with Crippen LogP contribution in [0.25, 0.3) is 0 Å². The number of amides is 1. The van der Waals surface area contributed by atoms with Crippen LogP contribution < -0.4 is 16.4 Å². The molecule has 166 valence electrons. The van der Waals surface area contributed by atoms with Crippen molar-refractivity contribution in [1.82, 2.24) is 10.3 Å². The Morgan fingerprint density at radius 2 is 1.84 bits per heavy atom. The van der Waals surface area contributed by atoms with E-state index in [4.69, 9.17) is 5.73 Å². The van der Waals surface area contributed by atoms with E-state index in [-0.39, 0.29) is 11.9 Å². The zero-order chi connectivity index (χ0) is 22.7. The number of aromatic nitrogens is 1. The number of hydrogen-bond donors (Lipinski definition) is 3. The van der Waals surface area contributed by atoms with Crippen LogP contribution in [0.3, 0.4) is 0 Å². The summed E-state index contributed by atoms with van der Waals surface area (Å²) in [5.74, 6) is 0.729. The largest absolute Gasteiger partial charge is 0.370 e. The minimum absolute atomic E-state index is 0.0896. The summed E-state index contributed by atoms with van der Waals surface area (Å²) in [6.07, 6.45) is 4.07. The second-order valence-corrected chi connectivity index (χ2v) is 8.91. The molecule has 5 nitrogen and oxygen atoms in total. The van der Waals surface area contributed by atoms with Crippen LogP contribution in [-0.4, -0.2) is 23.5 Å². The lowest BCUT2D eigenvalue weighted by Gasteiger charge is -2.28. The number of nitrogens with zero attached hydrogens (tertiary/aromatic N) is 1. The van der Waals surface area contributed by atoms with Crippen molar-refractivity contribution in [2.24, 2.45) is 5.73 Å². The molecule has 5 heteroatoms. The van der Waals surface area contributed by atoms with Crippen molar-refractivity contribution < 1.29 is 4.79 Å². The summed E-state index contributed by atoms with van der Waals surface area (Å²) in [5, 5.41) is 6.55. The molecule has 0 spiro atoms. The number of nitrogens with one attached hydrogen (secondary N) is 2. The van der Waals surface area contributed by atoms with E-state index in [1.807, 2.05) is 24.4 Å². The average molecular weight is 429 g/mol. The van der Waals surface area contributed by atoms with Crippen molar-refractivity contribution in [2.75, 3.05) is 11.9 Å². The molecule has 0 saturated carbocycles. The minimum Gasteiger partial charge on any atom is -0.370 e. The molecule has 0 unspecified atom stereocenters.